The van der Waals surface area contributed by atoms with Gasteiger partial charge in [0.25, 0.3) is 0 Å². The molecule has 12 heavy (non-hydrogen) atoms. The number of rotatable bonds is 1. The maximum atomic E-state index is 10.0. The average Bonchev–Trinajstić information content (AvgIpc) is 1.84. The molecular formula is C11H18O. The Kier molecular flexibility index (Phi) is 2.23. The lowest BCUT2D eigenvalue weighted by atomic mass is 9.60. The van der Waals surface area contributed by atoms with Crippen molar-refractivity contribution in [1.82, 2.24) is 0 Å². The Balaban J connectivity index is 2.75. The molecule has 1 rings (SSSR count). The first-order valence-corrected chi connectivity index (χ1v) is 4.58. The van der Waals surface area contributed by atoms with Gasteiger partial charge in [0.05, 0.1) is 11.5 Å². The average molecular weight is 166 g/mol. The Labute approximate surface area is 75.2 Å². The van der Waals surface area contributed by atoms with Gasteiger partial charge in [-0.3, -0.25) is 0 Å². The Hall–Kier alpha value is -0.480. The molecule has 1 aliphatic rings. The third kappa shape index (κ3) is 1.36. The van der Waals surface area contributed by atoms with Crippen LogP contribution < -0.4 is 0 Å². The van der Waals surface area contributed by atoms with Gasteiger partial charge in [-0.25, -0.2) is 0 Å². The molecule has 1 fully saturated rings. The van der Waals surface area contributed by atoms with Crippen molar-refractivity contribution in [1.29, 1.82) is 0 Å². The highest BCUT2D eigenvalue weighted by atomic mass is 16.3. The molecule has 0 spiro atoms. The second-order valence-electron chi connectivity index (χ2n) is 4.92. The summed E-state index contributed by atoms with van der Waals surface area (Å²) in [6, 6.07) is 0. The highest BCUT2D eigenvalue weighted by molar-refractivity contribution is 5.15. The molecule has 0 bridgehead atoms. The van der Waals surface area contributed by atoms with Crippen molar-refractivity contribution in [2.24, 2.45) is 10.8 Å². The number of aliphatic hydroxyl groups excluding tert-OH is 1. The van der Waals surface area contributed by atoms with Crippen LogP contribution in [0.25, 0.3) is 0 Å². The van der Waals surface area contributed by atoms with Crippen molar-refractivity contribution in [2.75, 3.05) is 0 Å². The Morgan fingerprint density at radius 1 is 1.42 bits per heavy atom. The van der Waals surface area contributed by atoms with Crippen LogP contribution in [-0.4, -0.2) is 11.2 Å². The van der Waals surface area contributed by atoms with Crippen LogP contribution in [0, 0.1) is 23.2 Å². The van der Waals surface area contributed by atoms with E-state index in [9.17, 15) is 5.11 Å². The van der Waals surface area contributed by atoms with Crippen molar-refractivity contribution < 1.29 is 5.11 Å². The first-order chi connectivity index (χ1) is 5.42. The van der Waals surface area contributed by atoms with E-state index < -0.39 is 0 Å². The summed E-state index contributed by atoms with van der Waals surface area (Å²) in [5, 5.41) is 10.0. The lowest BCUT2D eigenvalue weighted by Crippen LogP contribution is -2.47. The predicted molar refractivity (Wildman–Crippen MR) is 50.6 cm³/mol. The van der Waals surface area contributed by atoms with Gasteiger partial charge < -0.3 is 5.11 Å². The van der Waals surface area contributed by atoms with E-state index in [0.29, 0.717) is 0 Å². The lowest BCUT2D eigenvalue weighted by Gasteiger charge is -2.46. The third-order valence-corrected chi connectivity index (χ3v) is 2.88. The van der Waals surface area contributed by atoms with Crippen LogP contribution >= 0.6 is 0 Å². The Morgan fingerprint density at radius 3 is 2.00 bits per heavy atom. The van der Waals surface area contributed by atoms with Crippen molar-refractivity contribution >= 4 is 0 Å². The van der Waals surface area contributed by atoms with Gasteiger partial charge in [0.1, 0.15) is 0 Å². The molecule has 1 heteroatoms. The molecule has 0 saturated heterocycles. The number of hydrogen-bond donors (Lipinski definition) is 1. The molecule has 1 saturated carbocycles. The minimum atomic E-state index is -0.358. The summed E-state index contributed by atoms with van der Waals surface area (Å²) in [5.74, 6) is 2.77. The molecule has 0 aromatic carbocycles. The molecule has 0 heterocycles. The zero-order chi connectivity index (χ0) is 9.41. The SMILES string of the molecule is C#CC1(C(O)C(C)(C)C)CCC1. The molecule has 0 aliphatic heterocycles. The van der Waals surface area contributed by atoms with Crippen molar-refractivity contribution in [3.8, 4) is 12.3 Å². The molecule has 1 atom stereocenters. The maximum absolute atomic E-state index is 10.0. The molecule has 0 aromatic heterocycles. The van der Waals surface area contributed by atoms with Crippen LogP contribution in [0.15, 0.2) is 0 Å². The predicted octanol–water partition coefficient (Wildman–Crippen LogP) is 2.20. The number of hydrogen-bond acceptors (Lipinski definition) is 1. The summed E-state index contributed by atoms with van der Waals surface area (Å²) in [6.07, 6.45) is 8.24. The van der Waals surface area contributed by atoms with E-state index in [4.69, 9.17) is 6.42 Å². The van der Waals surface area contributed by atoms with Gasteiger partial charge in [-0.2, -0.15) is 0 Å². The zero-order valence-corrected chi connectivity index (χ0v) is 8.22. The molecular weight excluding hydrogens is 148 g/mol. The molecule has 68 valence electrons. The smallest absolute Gasteiger partial charge is 0.0753 e. The van der Waals surface area contributed by atoms with E-state index in [0.717, 1.165) is 19.3 Å². The largest absolute Gasteiger partial charge is 0.391 e. The van der Waals surface area contributed by atoms with Gasteiger partial charge in [0.2, 0.25) is 0 Å². The van der Waals surface area contributed by atoms with E-state index in [1.165, 1.54) is 0 Å². The fourth-order valence-corrected chi connectivity index (χ4v) is 1.88. The monoisotopic (exact) mass is 166 g/mol. The molecule has 1 unspecified atom stereocenters. The van der Waals surface area contributed by atoms with Gasteiger partial charge in [-0.05, 0) is 18.3 Å². The highest BCUT2D eigenvalue weighted by Crippen LogP contribution is 2.48. The Bertz CT molecular complexity index is 200. The second kappa shape index (κ2) is 2.78. The normalized spacial score (nSPS) is 23.9. The van der Waals surface area contributed by atoms with E-state index >= 15 is 0 Å². The maximum Gasteiger partial charge on any atom is 0.0753 e. The summed E-state index contributed by atoms with van der Waals surface area (Å²) in [6.45, 7) is 6.11. The van der Waals surface area contributed by atoms with Crippen LogP contribution in [0.4, 0.5) is 0 Å². The van der Waals surface area contributed by atoms with Gasteiger partial charge in [-0.15, -0.1) is 6.42 Å². The minimum absolute atomic E-state index is 0.0905. The summed E-state index contributed by atoms with van der Waals surface area (Å²) < 4.78 is 0. The summed E-state index contributed by atoms with van der Waals surface area (Å²) in [5.41, 5.74) is -0.301. The molecule has 0 radical (unpaired) electrons. The van der Waals surface area contributed by atoms with Crippen LogP contribution in [0.5, 0.6) is 0 Å². The summed E-state index contributed by atoms with van der Waals surface area (Å²) in [7, 11) is 0. The van der Waals surface area contributed by atoms with Crippen LogP contribution in [0.1, 0.15) is 40.0 Å². The van der Waals surface area contributed by atoms with E-state index in [2.05, 4.69) is 5.92 Å². The highest BCUT2D eigenvalue weighted by Gasteiger charge is 2.46. The fraction of sp³-hybridized carbons (Fsp3) is 0.818. The lowest BCUT2D eigenvalue weighted by molar-refractivity contribution is -0.0579. The van der Waals surface area contributed by atoms with Crippen LogP contribution in [0.2, 0.25) is 0 Å². The zero-order valence-electron chi connectivity index (χ0n) is 8.22. The van der Waals surface area contributed by atoms with Crippen molar-refractivity contribution in [3.05, 3.63) is 0 Å². The topological polar surface area (TPSA) is 20.2 Å². The first kappa shape index (κ1) is 9.61. The van der Waals surface area contributed by atoms with Gasteiger partial charge in [-0.1, -0.05) is 33.1 Å². The summed E-state index contributed by atoms with van der Waals surface area (Å²) in [4.78, 5) is 0. The quantitative estimate of drug-likeness (QED) is 0.592. The summed E-state index contributed by atoms with van der Waals surface area (Å²) >= 11 is 0. The third-order valence-electron chi connectivity index (χ3n) is 2.88. The number of aliphatic hydroxyl groups is 1. The Morgan fingerprint density at radius 2 is 1.92 bits per heavy atom. The standard InChI is InChI=1S/C11H18O/c1-5-11(7-6-8-11)9(12)10(2,3)4/h1,9,12H,6-8H2,2-4H3. The molecule has 1 N–H and O–H groups in total. The van der Waals surface area contributed by atoms with Crippen molar-refractivity contribution in [3.63, 3.8) is 0 Å². The van der Waals surface area contributed by atoms with E-state index in [-0.39, 0.29) is 16.9 Å². The van der Waals surface area contributed by atoms with Crippen molar-refractivity contribution in [2.45, 2.75) is 46.1 Å². The van der Waals surface area contributed by atoms with Gasteiger partial charge >= 0.3 is 0 Å². The first-order valence-electron chi connectivity index (χ1n) is 4.58. The minimum Gasteiger partial charge on any atom is -0.391 e. The molecule has 1 aliphatic carbocycles. The molecule has 1 nitrogen and oxygen atoms in total. The van der Waals surface area contributed by atoms with Gasteiger partial charge in [0, 0.05) is 0 Å². The van der Waals surface area contributed by atoms with Gasteiger partial charge in [0.15, 0.2) is 0 Å². The van der Waals surface area contributed by atoms with E-state index in [1.807, 2.05) is 20.8 Å². The second-order valence-corrected chi connectivity index (χ2v) is 4.92. The van der Waals surface area contributed by atoms with E-state index in [1.54, 1.807) is 0 Å². The molecule has 0 amide bonds. The van der Waals surface area contributed by atoms with Crippen LogP contribution in [-0.2, 0) is 0 Å². The molecule has 0 aromatic rings. The number of terminal acetylenes is 1. The fourth-order valence-electron chi connectivity index (χ4n) is 1.88. The van der Waals surface area contributed by atoms with Crippen LogP contribution in [0.3, 0.4) is 0 Å².